The van der Waals surface area contributed by atoms with Gasteiger partial charge in [-0.05, 0) is 44.0 Å². The summed E-state index contributed by atoms with van der Waals surface area (Å²) in [6, 6.07) is 5.64. The van der Waals surface area contributed by atoms with Gasteiger partial charge in [-0.15, -0.1) is 0 Å². The van der Waals surface area contributed by atoms with Crippen molar-refractivity contribution in [1.82, 2.24) is 20.2 Å². The number of benzene rings is 1. The highest BCUT2D eigenvalue weighted by molar-refractivity contribution is 8.00. The van der Waals surface area contributed by atoms with E-state index in [2.05, 4.69) is 41.6 Å². The van der Waals surface area contributed by atoms with Crippen molar-refractivity contribution in [3.63, 3.8) is 0 Å². The summed E-state index contributed by atoms with van der Waals surface area (Å²) in [4.78, 5) is 27.5. The summed E-state index contributed by atoms with van der Waals surface area (Å²) < 4.78 is 1.93. The number of aryl methyl sites for hydroxylation is 2. The lowest BCUT2D eigenvalue weighted by Crippen LogP contribution is -2.41. The van der Waals surface area contributed by atoms with Gasteiger partial charge in [-0.2, -0.15) is 0 Å². The van der Waals surface area contributed by atoms with Crippen LogP contribution < -0.4 is 10.6 Å². The minimum Gasteiger partial charge on any atom is -0.341 e. The Balaban J connectivity index is 2.16. The number of amides is 3. The molecule has 1 aromatic heterocycles. The van der Waals surface area contributed by atoms with Crippen molar-refractivity contribution in [2.75, 3.05) is 7.05 Å². The number of urea groups is 1. The van der Waals surface area contributed by atoms with E-state index in [0.29, 0.717) is 5.16 Å². The Morgan fingerprint density at radius 3 is 2.65 bits per heavy atom. The van der Waals surface area contributed by atoms with E-state index >= 15 is 0 Å². The average molecular weight is 332 g/mol. The lowest BCUT2D eigenvalue weighted by atomic mass is 10.1. The van der Waals surface area contributed by atoms with E-state index in [1.54, 1.807) is 13.1 Å². The van der Waals surface area contributed by atoms with Crippen molar-refractivity contribution < 1.29 is 9.59 Å². The lowest BCUT2D eigenvalue weighted by Gasteiger charge is -2.13. The monoisotopic (exact) mass is 332 g/mol. The van der Waals surface area contributed by atoms with Crippen molar-refractivity contribution in [2.24, 2.45) is 0 Å². The first-order valence-electron chi connectivity index (χ1n) is 7.22. The number of imidazole rings is 1. The van der Waals surface area contributed by atoms with Crippen LogP contribution in [-0.2, 0) is 4.79 Å². The molecular formula is C16H20N4O2S. The third-order valence-electron chi connectivity index (χ3n) is 3.49. The molecule has 23 heavy (non-hydrogen) atoms. The van der Waals surface area contributed by atoms with Gasteiger partial charge in [-0.1, -0.05) is 17.8 Å². The summed E-state index contributed by atoms with van der Waals surface area (Å²) in [7, 11) is 1.47. The second-order valence-electron chi connectivity index (χ2n) is 5.18. The second kappa shape index (κ2) is 7.32. The smallest absolute Gasteiger partial charge is 0.321 e. The number of hydrogen-bond donors (Lipinski definition) is 2. The van der Waals surface area contributed by atoms with Gasteiger partial charge in [0.05, 0.1) is 5.25 Å². The van der Waals surface area contributed by atoms with Crippen LogP contribution in [0.25, 0.3) is 5.69 Å². The van der Waals surface area contributed by atoms with Gasteiger partial charge in [0.25, 0.3) is 0 Å². The fourth-order valence-corrected chi connectivity index (χ4v) is 2.82. The third kappa shape index (κ3) is 4.13. The SMILES string of the molecule is CNC(=O)NC(=O)C(C)Sc1nccn1-c1ccc(C)c(C)c1. The number of nitrogens with one attached hydrogen (secondary N) is 2. The molecule has 3 amide bonds. The van der Waals surface area contributed by atoms with Crippen LogP contribution in [-0.4, -0.2) is 33.8 Å². The fraction of sp³-hybridized carbons (Fsp3) is 0.312. The van der Waals surface area contributed by atoms with Gasteiger partial charge in [-0.25, -0.2) is 9.78 Å². The summed E-state index contributed by atoms with van der Waals surface area (Å²) in [5, 5.41) is 4.89. The summed E-state index contributed by atoms with van der Waals surface area (Å²) in [6.07, 6.45) is 3.55. The molecular weight excluding hydrogens is 312 g/mol. The Morgan fingerprint density at radius 2 is 2.00 bits per heavy atom. The molecule has 0 radical (unpaired) electrons. The molecule has 0 aliphatic carbocycles. The summed E-state index contributed by atoms with van der Waals surface area (Å²) in [5.74, 6) is -0.357. The topological polar surface area (TPSA) is 76.0 Å². The normalized spacial score (nSPS) is 11.8. The van der Waals surface area contributed by atoms with E-state index in [1.165, 1.54) is 29.9 Å². The second-order valence-corrected chi connectivity index (χ2v) is 6.48. The maximum atomic E-state index is 12.0. The summed E-state index contributed by atoms with van der Waals surface area (Å²) in [5.41, 5.74) is 3.41. The van der Waals surface area contributed by atoms with Crippen LogP contribution in [0, 0.1) is 13.8 Å². The Kier molecular flexibility index (Phi) is 5.44. The maximum Gasteiger partial charge on any atom is 0.321 e. The number of carbonyl (C=O) groups is 2. The van der Waals surface area contributed by atoms with Crippen molar-refractivity contribution >= 4 is 23.7 Å². The number of rotatable bonds is 4. The molecule has 0 fully saturated rings. The molecule has 2 N–H and O–H groups in total. The van der Waals surface area contributed by atoms with Crippen molar-refractivity contribution in [3.8, 4) is 5.69 Å². The van der Waals surface area contributed by atoms with Crippen molar-refractivity contribution in [3.05, 3.63) is 41.7 Å². The minimum atomic E-state index is -0.514. The molecule has 0 aliphatic rings. The molecule has 2 rings (SSSR count). The molecule has 7 heteroatoms. The van der Waals surface area contributed by atoms with Gasteiger partial charge >= 0.3 is 6.03 Å². The molecule has 122 valence electrons. The van der Waals surface area contributed by atoms with Gasteiger partial charge in [0.1, 0.15) is 0 Å². The number of thioether (sulfide) groups is 1. The highest BCUT2D eigenvalue weighted by Gasteiger charge is 2.19. The predicted molar refractivity (Wildman–Crippen MR) is 91.0 cm³/mol. The van der Waals surface area contributed by atoms with E-state index < -0.39 is 11.3 Å². The van der Waals surface area contributed by atoms with Crippen molar-refractivity contribution in [1.29, 1.82) is 0 Å². The Labute approximate surface area is 139 Å². The van der Waals surface area contributed by atoms with Gasteiger partial charge < -0.3 is 5.32 Å². The zero-order chi connectivity index (χ0) is 17.0. The zero-order valence-electron chi connectivity index (χ0n) is 13.6. The van der Waals surface area contributed by atoms with Crippen LogP contribution in [0.1, 0.15) is 18.1 Å². The van der Waals surface area contributed by atoms with E-state index in [1.807, 2.05) is 16.8 Å². The number of hydrogen-bond acceptors (Lipinski definition) is 4. The number of carbonyl (C=O) groups excluding carboxylic acids is 2. The van der Waals surface area contributed by atoms with E-state index in [-0.39, 0.29) is 5.91 Å². The molecule has 1 unspecified atom stereocenters. The van der Waals surface area contributed by atoms with Crippen LogP contribution >= 0.6 is 11.8 Å². The lowest BCUT2D eigenvalue weighted by molar-refractivity contribution is -0.119. The van der Waals surface area contributed by atoms with Gasteiger partial charge in [0.2, 0.25) is 5.91 Å². The number of aromatic nitrogens is 2. The molecule has 1 heterocycles. The fourth-order valence-electron chi connectivity index (χ4n) is 1.94. The van der Waals surface area contributed by atoms with Crippen LogP contribution in [0.3, 0.4) is 0 Å². The van der Waals surface area contributed by atoms with E-state index in [4.69, 9.17) is 0 Å². The quantitative estimate of drug-likeness (QED) is 0.843. The van der Waals surface area contributed by atoms with Crippen LogP contribution in [0.5, 0.6) is 0 Å². The molecule has 6 nitrogen and oxygen atoms in total. The average Bonchev–Trinajstić information content (AvgIpc) is 2.97. The Morgan fingerprint density at radius 1 is 1.26 bits per heavy atom. The molecule has 0 saturated heterocycles. The molecule has 0 aliphatic heterocycles. The van der Waals surface area contributed by atoms with Crippen LogP contribution in [0.15, 0.2) is 35.7 Å². The van der Waals surface area contributed by atoms with Crippen LogP contribution in [0.4, 0.5) is 4.79 Å². The van der Waals surface area contributed by atoms with E-state index in [9.17, 15) is 9.59 Å². The van der Waals surface area contributed by atoms with Crippen molar-refractivity contribution in [2.45, 2.75) is 31.2 Å². The molecule has 2 aromatic rings. The first kappa shape index (κ1) is 17.1. The minimum absolute atomic E-state index is 0.357. The maximum absolute atomic E-state index is 12.0. The summed E-state index contributed by atoms with van der Waals surface area (Å²) in [6.45, 7) is 5.86. The molecule has 0 saturated carbocycles. The third-order valence-corrected chi connectivity index (χ3v) is 4.57. The van der Waals surface area contributed by atoms with Gasteiger partial charge in [0, 0.05) is 25.1 Å². The zero-order valence-corrected chi connectivity index (χ0v) is 14.4. The highest BCUT2D eigenvalue weighted by atomic mass is 32.2. The van der Waals surface area contributed by atoms with E-state index in [0.717, 1.165) is 5.69 Å². The standard InChI is InChI=1S/C16H20N4O2S/c1-10-5-6-13(9-11(10)2)20-8-7-18-16(20)23-12(3)14(21)19-15(22)17-4/h5-9,12H,1-4H3,(H2,17,19,21,22). The Hall–Kier alpha value is -2.28. The molecule has 1 aromatic carbocycles. The molecule has 0 spiro atoms. The first-order chi connectivity index (χ1) is 10.9. The van der Waals surface area contributed by atoms with Gasteiger partial charge in [-0.3, -0.25) is 14.7 Å². The predicted octanol–water partition coefficient (Wildman–Crippen LogP) is 2.43. The van der Waals surface area contributed by atoms with Crippen LogP contribution in [0.2, 0.25) is 0 Å². The Bertz CT molecular complexity index is 727. The van der Waals surface area contributed by atoms with Gasteiger partial charge in [0.15, 0.2) is 5.16 Å². The highest BCUT2D eigenvalue weighted by Crippen LogP contribution is 2.25. The summed E-state index contributed by atoms with van der Waals surface area (Å²) >= 11 is 1.30. The largest absolute Gasteiger partial charge is 0.341 e. The first-order valence-corrected chi connectivity index (χ1v) is 8.10. The number of nitrogens with zero attached hydrogens (tertiary/aromatic N) is 2. The number of imide groups is 1. The molecule has 0 bridgehead atoms. The molecule has 1 atom stereocenters.